The lowest BCUT2D eigenvalue weighted by Crippen LogP contribution is -2.52. The Bertz CT molecular complexity index is 532. The van der Waals surface area contributed by atoms with Crippen LogP contribution in [0.15, 0.2) is 29.3 Å². The zero-order valence-corrected chi connectivity index (χ0v) is 17.9. The van der Waals surface area contributed by atoms with E-state index in [0.29, 0.717) is 5.75 Å². The molecule has 1 aromatic rings. The highest BCUT2D eigenvalue weighted by Crippen LogP contribution is 2.27. The SMILES string of the molecule is CCNC(=NCCN(C)CC)N1CCN(c2ccccc2O)CC1.I. The molecule has 1 aliphatic rings. The third-order valence-electron chi connectivity index (χ3n) is 4.42. The average Bonchev–Trinajstić information content (AvgIpc) is 2.61. The number of rotatable bonds is 6. The fourth-order valence-corrected chi connectivity index (χ4v) is 2.80. The summed E-state index contributed by atoms with van der Waals surface area (Å²) in [5, 5.41) is 13.4. The first-order chi connectivity index (χ1) is 11.7. The Morgan fingerprint density at radius 3 is 2.48 bits per heavy atom. The highest BCUT2D eigenvalue weighted by atomic mass is 127. The number of piperazine rings is 1. The summed E-state index contributed by atoms with van der Waals surface area (Å²) in [7, 11) is 2.12. The zero-order valence-electron chi connectivity index (χ0n) is 15.6. The van der Waals surface area contributed by atoms with Gasteiger partial charge in [-0.3, -0.25) is 4.99 Å². The van der Waals surface area contributed by atoms with Crippen molar-refractivity contribution < 1.29 is 5.11 Å². The third-order valence-corrected chi connectivity index (χ3v) is 4.42. The first-order valence-electron chi connectivity index (χ1n) is 8.90. The fraction of sp³-hybridized carbons (Fsp3) is 0.611. The number of likely N-dealkylation sites (N-methyl/N-ethyl adjacent to an activating group) is 1. The van der Waals surface area contributed by atoms with Gasteiger partial charge >= 0.3 is 0 Å². The van der Waals surface area contributed by atoms with Gasteiger partial charge in [0.15, 0.2) is 5.96 Å². The minimum Gasteiger partial charge on any atom is -0.506 e. The van der Waals surface area contributed by atoms with Crippen molar-refractivity contribution in [2.24, 2.45) is 4.99 Å². The number of guanidine groups is 1. The Hall–Kier alpha value is -1.22. The molecule has 2 rings (SSSR count). The number of hydrogen-bond donors (Lipinski definition) is 2. The van der Waals surface area contributed by atoms with Gasteiger partial charge in [-0.05, 0) is 32.6 Å². The molecule has 1 aliphatic heterocycles. The molecule has 0 saturated carbocycles. The summed E-state index contributed by atoms with van der Waals surface area (Å²) in [5.74, 6) is 1.35. The van der Waals surface area contributed by atoms with Gasteiger partial charge < -0.3 is 25.1 Å². The van der Waals surface area contributed by atoms with Gasteiger partial charge in [-0.1, -0.05) is 19.1 Å². The summed E-state index contributed by atoms with van der Waals surface area (Å²) < 4.78 is 0. The topological polar surface area (TPSA) is 54.3 Å². The summed E-state index contributed by atoms with van der Waals surface area (Å²) in [6, 6.07) is 7.55. The smallest absolute Gasteiger partial charge is 0.194 e. The van der Waals surface area contributed by atoms with Crippen molar-refractivity contribution in [2.45, 2.75) is 13.8 Å². The van der Waals surface area contributed by atoms with E-state index in [1.165, 1.54) is 0 Å². The molecule has 0 bridgehead atoms. The van der Waals surface area contributed by atoms with E-state index in [1.54, 1.807) is 6.07 Å². The molecule has 0 unspecified atom stereocenters. The molecule has 2 N–H and O–H groups in total. The number of nitrogens with one attached hydrogen (secondary N) is 1. The summed E-state index contributed by atoms with van der Waals surface area (Å²) in [5.41, 5.74) is 0.920. The lowest BCUT2D eigenvalue weighted by molar-refractivity contribution is 0.354. The Kier molecular flexibility index (Phi) is 9.96. The normalized spacial score (nSPS) is 15.3. The minimum atomic E-state index is 0. The van der Waals surface area contributed by atoms with E-state index in [-0.39, 0.29) is 24.0 Å². The number of hydrogen-bond acceptors (Lipinski definition) is 4. The van der Waals surface area contributed by atoms with Crippen molar-refractivity contribution in [2.75, 3.05) is 64.3 Å². The Balaban J connectivity index is 0.00000312. The van der Waals surface area contributed by atoms with E-state index in [0.717, 1.165) is 64.0 Å². The van der Waals surface area contributed by atoms with E-state index >= 15 is 0 Å². The van der Waals surface area contributed by atoms with E-state index in [4.69, 9.17) is 4.99 Å². The second-order valence-electron chi connectivity index (χ2n) is 6.09. The summed E-state index contributed by atoms with van der Waals surface area (Å²) >= 11 is 0. The van der Waals surface area contributed by atoms with Gasteiger partial charge in [0.25, 0.3) is 0 Å². The van der Waals surface area contributed by atoms with Crippen LogP contribution in [-0.4, -0.2) is 80.3 Å². The predicted molar refractivity (Wildman–Crippen MR) is 116 cm³/mol. The number of phenolic OH excluding ortho intramolecular Hbond substituents is 1. The van der Waals surface area contributed by atoms with E-state index in [2.05, 4.69) is 40.9 Å². The molecule has 0 aromatic heterocycles. The van der Waals surface area contributed by atoms with Crippen molar-refractivity contribution in [3.63, 3.8) is 0 Å². The Morgan fingerprint density at radius 1 is 1.20 bits per heavy atom. The molecule has 142 valence electrons. The van der Waals surface area contributed by atoms with Crippen molar-refractivity contribution in [1.82, 2.24) is 15.1 Å². The number of phenols is 1. The summed E-state index contributed by atoms with van der Waals surface area (Å²) in [4.78, 5) is 11.6. The van der Waals surface area contributed by atoms with Gasteiger partial charge in [0.2, 0.25) is 0 Å². The van der Waals surface area contributed by atoms with Crippen molar-refractivity contribution in [3.05, 3.63) is 24.3 Å². The van der Waals surface area contributed by atoms with Crippen LogP contribution in [0, 0.1) is 0 Å². The van der Waals surface area contributed by atoms with E-state index < -0.39 is 0 Å². The second kappa shape index (κ2) is 11.4. The standard InChI is InChI=1S/C18H31N5O.HI/c1-4-19-18(20-10-11-21(3)5-2)23-14-12-22(13-15-23)16-8-6-7-9-17(16)24;/h6-9,24H,4-5,10-15H2,1-3H3,(H,19,20);1H. The number of anilines is 1. The molecule has 0 amide bonds. The number of benzene rings is 1. The largest absolute Gasteiger partial charge is 0.506 e. The Labute approximate surface area is 168 Å². The van der Waals surface area contributed by atoms with Crippen LogP contribution in [0.2, 0.25) is 0 Å². The highest BCUT2D eigenvalue weighted by Gasteiger charge is 2.21. The summed E-state index contributed by atoms with van der Waals surface area (Å²) in [6.07, 6.45) is 0. The molecule has 0 atom stereocenters. The van der Waals surface area contributed by atoms with Crippen LogP contribution in [0.5, 0.6) is 5.75 Å². The third kappa shape index (κ3) is 6.54. The van der Waals surface area contributed by atoms with Crippen LogP contribution in [0.1, 0.15) is 13.8 Å². The highest BCUT2D eigenvalue weighted by molar-refractivity contribution is 14.0. The molecule has 1 fully saturated rings. The maximum Gasteiger partial charge on any atom is 0.194 e. The van der Waals surface area contributed by atoms with Crippen LogP contribution in [0.3, 0.4) is 0 Å². The van der Waals surface area contributed by atoms with E-state index in [9.17, 15) is 5.11 Å². The zero-order chi connectivity index (χ0) is 17.4. The van der Waals surface area contributed by atoms with Gasteiger partial charge in [0.1, 0.15) is 5.75 Å². The first kappa shape index (κ1) is 21.8. The molecule has 0 aliphatic carbocycles. The monoisotopic (exact) mass is 461 g/mol. The quantitative estimate of drug-likeness (QED) is 0.386. The molecule has 1 heterocycles. The molecule has 7 heteroatoms. The molecule has 0 radical (unpaired) electrons. The van der Waals surface area contributed by atoms with Gasteiger partial charge in [-0.25, -0.2) is 0 Å². The maximum absolute atomic E-state index is 10.0. The Morgan fingerprint density at radius 2 is 1.88 bits per heavy atom. The van der Waals surface area contributed by atoms with Gasteiger partial charge in [0, 0.05) is 39.3 Å². The number of aromatic hydroxyl groups is 1. The minimum absolute atomic E-state index is 0. The van der Waals surface area contributed by atoms with Crippen LogP contribution < -0.4 is 10.2 Å². The molecule has 1 saturated heterocycles. The molecular weight excluding hydrogens is 429 g/mol. The average molecular weight is 461 g/mol. The predicted octanol–water partition coefficient (Wildman–Crippen LogP) is 2.05. The van der Waals surface area contributed by atoms with Crippen molar-refractivity contribution in [3.8, 4) is 5.75 Å². The van der Waals surface area contributed by atoms with E-state index in [1.807, 2.05) is 18.2 Å². The van der Waals surface area contributed by atoms with Gasteiger partial charge in [-0.15, -0.1) is 24.0 Å². The first-order valence-corrected chi connectivity index (χ1v) is 8.90. The van der Waals surface area contributed by atoms with Gasteiger partial charge in [0.05, 0.1) is 12.2 Å². The van der Waals surface area contributed by atoms with Gasteiger partial charge in [-0.2, -0.15) is 0 Å². The number of aliphatic imine (C=N–C) groups is 1. The lowest BCUT2D eigenvalue weighted by Gasteiger charge is -2.38. The fourth-order valence-electron chi connectivity index (χ4n) is 2.80. The van der Waals surface area contributed by atoms with Crippen LogP contribution >= 0.6 is 24.0 Å². The molecule has 1 aromatic carbocycles. The molecular formula is C18H32IN5O. The van der Waals surface area contributed by atoms with Crippen molar-refractivity contribution >= 4 is 35.6 Å². The summed E-state index contributed by atoms with van der Waals surface area (Å²) in [6.45, 7) is 11.6. The second-order valence-corrected chi connectivity index (χ2v) is 6.09. The molecule has 6 nitrogen and oxygen atoms in total. The van der Waals surface area contributed by atoms with Crippen molar-refractivity contribution in [1.29, 1.82) is 0 Å². The number of halogens is 1. The van der Waals surface area contributed by atoms with Crippen LogP contribution in [0.4, 0.5) is 5.69 Å². The number of nitrogens with zero attached hydrogens (tertiary/aromatic N) is 4. The lowest BCUT2D eigenvalue weighted by atomic mass is 10.2. The molecule has 0 spiro atoms. The number of para-hydroxylation sites is 2. The molecule has 25 heavy (non-hydrogen) atoms. The maximum atomic E-state index is 10.0. The van der Waals surface area contributed by atoms with Crippen LogP contribution in [0.25, 0.3) is 0 Å². The van der Waals surface area contributed by atoms with Crippen LogP contribution in [-0.2, 0) is 0 Å².